The monoisotopic (exact) mass is 498 g/mol. The van der Waals surface area contributed by atoms with E-state index in [9.17, 15) is 4.79 Å². The SMILES string of the molecule is CN=C(NCC1CCOc2ccccc21)NC1CCN(C(=O)C2CC2)CC1.I. The molecule has 0 radical (unpaired) electrons. The van der Waals surface area contributed by atoms with Gasteiger partial charge in [-0.3, -0.25) is 9.79 Å². The van der Waals surface area contributed by atoms with Crippen LogP contribution >= 0.6 is 24.0 Å². The molecule has 0 aromatic heterocycles. The van der Waals surface area contributed by atoms with Crippen molar-refractivity contribution in [3.63, 3.8) is 0 Å². The number of likely N-dealkylation sites (tertiary alicyclic amines) is 1. The second-order valence-electron chi connectivity index (χ2n) is 7.84. The summed E-state index contributed by atoms with van der Waals surface area (Å²) in [4.78, 5) is 18.6. The second-order valence-corrected chi connectivity index (χ2v) is 7.84. The summed E-state index contributed by atoms with van der Waals surface area (Å²) >= 11 is 0. The Hall–Kier alpha value is -1.51. The van der Waals surface area contributed by atoms with Gasteiger partial charge in [0.05, 0.1) is 6.61 Å². The van der Waals surface area contributed by atoms with E-state index in [0.29, 0.717) is 23.8 Å². The molecule has 1 aliphatic carbocycles. The third-order valence-corrected chi connectivity index (χ3v) is 5.90. The molecule has 1 unspecified atom stereocenters. The molecule has 1 atom stereocenters. The van der Waals surface area contributed by atoms with Gasteiger partial charge < -0.3 is 20.3 Å². The van der Waals surface area contributed by atoms with Gasteiger partial charge in [-0.25, -0.2) is 0 Å². The summed E-state index contributed by atoms with van der Waals surface area (Å²) < 4.78 is 5.75. The van der Waals surface area contributed by atoms with E-state index in [1.807, 2.05) is 24.1 Å². The van der Waals surface area contributed by atoms with Crippen molar-refractivity contribution < 1.29 is 9.53 Å². The first-order valence-electron chi connectivity index (χ1n) is 10.2. The minimum atomic E-state index is 0. The number of nitrogens with zero attached hydrogens (tertiary/aromatic N) is 2. The highest BCUT2D eigenvalue weighted by molar-refractivity contribution is 14.0. The lowest BCUT2D eigenvalue weighted by molar-refractivity contribution is -0.133. The number of fused-ring (bicyclic) bond motifs is 1. The lowest BCUT2D eigenvalue weighted by Crippen LogP contribution is -2.50. The highest BCUT2D eigenvalue weighted by Gasteiger charge is 2.35. The van der Waals surface area contributed by atoms with Crippen LogP contribution in [0.25, 0.3) is 0 Å². The maximum Gasteiger partial charge on any atom is 0.225 e. The van der Waals surface area contributed by atoms with E-state index in [0.717, 1.165) is 70.1 Å². The number of rotatable bonds is 4. The number of ether oxygens (including phenoxy) is 1. The van der Waals surface area contributed by atoms with Crippen molar-refractivity contribution in [2.24, 2.45) is 10.9 Å². The fourth-order valence-electron chi connectivity index (χ4n) is 4.07. The molecular formula is C21H31IN4O2. The van der Waals surface area contributed by atoms with Crippen LogP contribution in [-0.2, 0) is 4.79 Å². The van der Waals surface area contributed by atoms with Gasteiger partial charge in [-0.05, 0) is 43.7 Å². The molecule has 1 saturated heterocycles. The Morgan fingerprint density at radius 3 is 2.64 bits per heavy atom. The van der Waals surface area contributed by atoms with E-state index in [2.05, 4.69) is 27.8 Å². The fraction of sp³-hybridized carbons (Fsp3) is 0.619. The number of nitrogens with one attached hydrogen (secondary N) is 2. The number of carbonyl (C=O) groups excluding carboxylic acids is 1. The Morgan fingerprint density at radius 2 is 1.93 bits per heavy atom. The minimum absolute atomic E-state index is 0. The largest absolute Gasteiger partial charge is 0.493 e. The average Bonchev–Trinajstić information content (AvgIpc) is 3.56. The molecule has 1 aromatic carbocycles. The molecule has 2 heterocycles. The highest BCUT2D eigenvalue weighted by Crippen LogP contribution is 2.33. The van der Waals surface area contributed by atoms with Crippen molar-refractivity contribution in [2.45, 2.75) is 44.1 Å². The number of hydrogen-bond acceptors (Lipinski definition) is 3. The van der Waals surface area contributed by atoms with Crippen molar-refractivity contribution in [2.75, 3.05) is 33.3 Å². The van der Waals surface area contributed by atoms with Crippen LogP contribution in [0, 0.1) is 5.92 Å². The van der Waals surface area contributed by atoms with Gasteiger partial charge in [0.2, 0.25) is 5.91 Å². The van der Waals surface area contributed by atoms with Crippen LogP contribution in [-0.4, -0.2) is 56.1 Å². The molecule has 0 bridgehead atoms. The lowest BCUT2D eigenvalue weighted by atomic mass is 9.93. The smallest absolute Gasteiger partial charge is 0.225 e. The lowest BCUT2D eigenvalue weighted by Gasteiger charge is -2.33. The molecular weight excluding hydrogens is 467 g/mol. The van der Waals surface area contributed by atoms with E-state index >= 15 is 0 Å². The van der Waals surface area contributed by atoms with Gasteiger partial charge in [0.15, 0.2) is 5.96 Å². The zero-order valence-corrected chi connectivity index (χ0v) is 18.9. The van der Waals surface area contributed by atoms with Crippen LogP contribution < -0.4 is 15.4 Å². The molecule has 1 aromatic rings. The number of hydrogen-bond donors (Lipinski definition) is 2. The van der Waals surface area contributed by atoms with E-state index in [4.69, 9.17) is 4.74 Å². The fourth-order valence-corrected chi connectivity index (χ4v) is 4.07. The van der Waals surface area contributed by atoms with E-state index in [1.165, 1.54) is 5.56 Å². The van der Waals surface area contributed by atoms with Gasteiger partial charge in [0, 0.05) is 44.6 Å². The van der Waals surface area contributed by atoms with Gasteiger partial charge >= 0.3 is 0 Å². The van der Waals surface area contributed by atoms with Gasteiger partial charge in [0.1, 0.15) is 5.75 Å². The van der Waals surface area contributed by atoms with Gasteiger partial charge in [0.25, 0.3) is 0 Å². The van der Waals surface area contributed by atoms with Gasteiger partial charge in [-0.1, -0.05) is 18.2 Å². The molecule has 4 rings (SSSR count). The molecule has 28 heavy (non-hydrogen) atoms. The molecule has 7 heteroatoms. The summed E-state index contributed by atoms with van der Waals surface area (Å²) in [5.41, 5.74) is 1.28. The first-order chi connectivity index (χ1) is 13.2. The van der Waals surface area contributed by atoms with Crippen molar-refractivity contribution in [1.29, 1.82) is 0 Å². The summed E-state index contributed by atoms with van der Waals surface area (Å²) in [6.07, 6.45) is 5.16. The zero-order chi connectivity index (χ0) is 18.6. The van der Waals surface area contributed by atoms with Crippen LogP contribution in [0.4, 0.5) is 0 Å². The Morgan fingerprint density at radius 1 is 1.18 bits per heavy atom. The third-order valence-electron chi connectivity index (χ3n) is 5.90. The second kappa shape index (κ2) is 9.80. The number of para-hydroxylation sites is 1. The predicted octanol–water partition coefficient (Wildman–Crippen LogP) is 2.74. The predicted molar refractivity (Wildman–Crippen MR) is 122 cm³/mol. The Bertz CT molecular complexity index is 699. The topological polar surface area (TPSA) is 66.0 Å². The number of amides is 1. The van der Waals surface area contributed by atoms with Crippen molar-refractivity contribution in [1.82, 2.24) is 15.5 Å². The third kappa shape index (κ3) is 5.10. The molecule has 1 saturated carbocycles. The number of aliphatic imine (C=N–C) groups is 1. The number of benzene rings is 1. The van der Waals surface area contributed by atoms with Crippen LogP contribution in [0.15, 0.2) is 29.3 Å². The number of guanidine groups is 1. The Kier molecular flexibility index (Phi) is 7.42. The van der Waals surface area contributed by atoms with Crippen molar-refractivity contribution >= 4 is 35.8 Å². The summed E-state index contributed by atoms with van der Waals surface area (Å²) in [6.45, 7) is 3.33. The Labute approximate surface area is 184 Å². The summed E-state index contributed by atoms with van der Waals surface area (Å²) in [6, 6.07) is 8.68. The molecule has 3 aliphatic rings. The number of halogens is 1. The van der Waals surface area contributed by atoms with E-state index < -0.39 is 0 Å². The molecule has 0 spiro atoms. The summed E-state index contributed by atoms with van der Waals surface area (Å²) in [7, 11) is 1.82. The van der Waals surface area contributed by atoms with Crippen molar-refractivity contribution in [3.8, 4) is 5.75 Å². The minimum Gasteiger partial charge on any atom is -0.493 e. The maximum absolute atomic E-state index is 12.2. The molecule has 6 nitrogen and oxygen atoms in total. The van der Waals surface area contributed by atoms with Crippen molar-refractivity contribution in [3.05, 3.63) is 29.8 Å². The van der Waals surface area contributed by atoms with Crippen LogP contribution in [0.3, 0.4) is 0 Å². The van der Waals surface area contributed by atoms with Crippen LogP contribution in [0.1, 0.15) is 43.6 Å². The van der Waals surface area contributed by atoms with E-state index in [-0.39, 0.29) is 24.0 Å². The van der Waals surface area contributed by atoms with Crippen LogP contribution in [0.2, 0.25) is 0 Å². The molecule has 2 fully saturated rings. The molecule has 2 N–H and O–H groups in total. The zero-order valence-electron chi connectivity index (χ0n) is 16.5. The molecule has 2 aliphatic heterocycles. The highest BCUT2D eigenvalue weighted by atomic mass is 127. The first kappa shape index (κ1) is 21.2. The van der Waals surface area contributed by atoms with Crippen LogP contribution in [0.5, 0.6) is 5.75 Å². The normalized spacial score (nSPS) is 22.5. The molecule has 1 amide bonds. The van der Waals surface area contributed by atoms with E-state index in [1.54, 1.807) is 0 Å². The van der Waals surface area contributed by atoms with Gasteiger partial charge in [-0.2, -0.15) is 0 Å². The Balaban J connectivity index is 0.00000225. The quantitative estimate of drug-likeness (QED) is 0.381. The number of carbonyl (C=O) groups is 1. The summed E-state index contributed by atoms with van der Waals surface area (Å²) in [5.74, 6) is 2.99. The average molecular weight is 498 g/mol. The molecule has 154 valence electrons. The standard InChI is InChI=1S/C21H30N4O2.HI/c1-22-21(23-14-16-10-13-27-19-5-3-2-4-18(16)19)24-17-8-11-25(12-9-17)20(26)15-6-7-15;/h2-5,15-17H,6-14H2,1H3,(H2,22,23,24);1H. The summed E-state index contributed by atoms with van der Waals surface area (Å²) in [5, 5.41) is 7.04. The van der Waals surface area contributed by atoms with Gasteiger partial charge in [-0.15, -0.1) is 24.0 Å². The first-order valence-corrected chi connectivity index (χ1v) is 10.2. The maximum atomic E-state index is 12.2. The number of piperidine rings is 1.